The molecule has 0 aliphatic heterocycles. The van der Waals surface area contributed by atoms with Gasteiger partial charge in [-0.1, -0.05) is 39.8 Å². The summed E-state index contributed by atoms with van der Waals surface area (Å²) < 4.78 is 0. The van der Waals surface area contributed by atoms with Crippen LogP contribution in [0.15, 0.2) is 35.5 Å². The summed E-state index contributed by atoms with van der Waals surface area (Å²) in [6.45, 7) is 9.06. The lowest BCUT2D eigenvalue weighted by molar-refractivity contribution is -0.131. The highest BCUT2D eigenvalue weighted by Gasteiger charge is 2.59. The molecule has 5 atom stereocenters. The van der Waals surface area contributed by atoms with Gasteiger partial charge in [0.1, 0.15) is 5.78 Å². The minimum Gasteiger partial charge on any atom is -0.299 e. The van der Waals surface area contributed by atoms with Crippen molar-refractivity contribution >= 4 is 11.6 Å². The molecule has 0 N–H and O–H groups in total. The normalized spacial score (nSPS) is 43.3. The van der Waals surface area contributed by atoms with Gasteiger partial charge in [-0.05, 0) is 79.1 Å². The molecule has 3 unspecified atom stereocenters. The van der Waals surface area contributed by atoms with E-state index in [1.54, 1.807) is 6.08 Å². The Kier molecular flexibility index (Phi) is 4.17. The number of hydrogen-bond acceptors (Lipinski definition) is 2. The zero-order chi connectivity index (χ0) is 18.7. The topological polar surface area (TPSA) is 34.1 Å². The monoisotopic (exact) mass is 352 g/mol. The van der Waals surface area contributed by atoms with Gasteiger partial charge in [0.15, 0.2) is 5.78 Å². The lowest BCUT2D eigenvalue weighted by Crippen LogP contribution is -2.50. The van der Waals surface area contributed by atoms with Crippen LogP contribution in [-0.4, -0.2) is 11.6 Å². The second-order valence-electron chi connectivity index (χ2n) is 9.93. The summed E-state index contributed by atoms with van der Waals surface area (Å²) in [6.07, 6.45) is 14.3. The zero-order valence-electron chi connectivity index (χ0n) is 16.7. The van der Waals surface area contributed by atoms with E-state index in [2.05, 4.69) is 39.8 Å². The molecule has 2 nitrogen and oxygen atoms in total. The molecule has 140 valence electrons. The minimum absolute atomic E-state index is 0.0490. The molecule has 3 saturated carbocycles. The Balaban J connectivity index is 1.77. The number of carbonyl (C=O) groups excluding carboxylic acids is 2. The van der Waals surface area contributed by atoms with Crippen LogP contribution in [0.4, 0.5) is 0 Å². The zero-order valence-corrected chi connectivity index (χ0v) is 16.7. The molecular formula is C24H32O2. The highest BCUT2D eigenvalue weighted by molar-refractivity contribution is 6.02. The maximum atomic E-state index is 12.6. The molecule has 3 fully saturated rings. The molecule has 26 heavy (non-hydrogen) atoms. The number of carbonyl (C=O) groups is 2. The average molecular weight is 353 g/mol. The van der Waals surface area contributed by atoms with Crippen LogP contribution >= 0.6 is 0 Å². The Morgan fingerprint density at radius 2 is 1.96 bits per heavy atom. The number of Topliss-reactive ketones (excluding diaryl/α,β-unsaturated/α-hetero) is 1. The van der Waals surface area contributed by atoms with E-state index in [1.807, 2.05) is 6.08 Å². The van der Waals surface area contributed by atoms with Gasteiger partial charge in [-0.3, -0.25) is 9.59 Å². The second-order valence-corrected chi connectivity index (χ2v) is 9.93. The highest BCUT2D eigenvalue weighted by atomic mass is 16.1. The Bertz CT molecular complexity index is 737. The van der Waals surface area contributed by atoms with E-state index in [4.69, 9.17) is 0 Å². The van der Waals surface area contributed by atoms with Gasteiger partial charge in [0.05, 0.1) is 0 Å². The van der Waals surface area contributed by atoms with Crippen molar-refractivity contribution in [2.45, 2.75) is 66.2 Å². The first kappa shape index (κ1) is 17.9. The van der Waals surface area contributed by atoms with Crippen LogP contribution in [0, 0.1) is 34.5 Å². The van der Waals surface area contributed by atoms with E-state index in [0.717, 1.165) is 38.5 Å². The van der Waals surface area contributed by atoms with Gasteiger partial charge in [-0.15, -0.1) is 0 Å². The Labute approximate surface area is 157 Å². The fraction of sp³-hybridized carbons (Fsp3) is 0.667. The van der Waals surface area contributed by atoms with Crippen molar-refractivity contribution in [2.24, 2.45) is 34.5 Å². The van der Waals surface area contributed by atoms with Crippen LogP contribution in [0.5, 0.6) is 0 Å². The van der Waals surface area contributed by atoms with E-state index in [9.17, 15) is 9.59 Å². The molecule has 0 aromatic heterocycles. The highest BCUT2D eigenvalue weighted by Crippen LogP contribution is 2.64. The quantitative estimate of drug-likeness (QED) is 0.662. The third-order valence-corrected chi connectivity index (χ3v) is 8.01. The fourth-order valence-electron chi connectivity index (χ4n) is 6.48. The number of ketones is 2. The average Bonchev–Trinajstić information content (AvgIpc) is 2.89. The first-order chi connectivity index (χ1) is 12.3. The predicted octanol–water partition coefficient (Wildman–Crippen LogP) is 5.45. The summed E-state index contributed by atoms with van der Waals surface area (Å²) in [5.41, 5.74) is 2.49. The Morgan fingerprint density at radius 3 is 2.69 bits per heavy atom. The standard InChI is InChI=1S/C24H32O2/c1-15(2)5-6-16-13-18-19-7-8-22(26)24(19,4)12-10-20(18)23(3)11-9-17(25)14-21(16)23/h6,9,11,14-15,18-20H,5,7-8,10,12-13H2,1-4H3/b16-6-/t18?,19-,20-,23?,24?/m0/s1. The van der Waals surface area contributed by atoms with Crippen LogP contribution in [-0.2, 0) is 9.59 Å². The molecule has 0 aromatic rings. The minimum atomic E-state index is -0.101. The summed E-state index contributed by atoms with van der Waals surface area (Å²) >= 11 is 0. The molecule has 0 spiro atoms. The van der Waals surface area contributed by atoms with E-state index >= 15 is 0 Å². The van der Waals surface area contributed by atoms with Gasteiger partial charge in [-0.2, -0.15) is 0 Å². The van der Waals surface area contributed by atoms with Crippen molar-refractivity contribution in [3.63, 3.8) is 0 Å². The third-order valence-electron chi connectivity index (χ3n) is 8.01. The van der Waals surface area contributed by atoms with Crippen molar-refractivity contribution < 1.29 is 9.59 Å². The Hall–Kier alpha value is -1.44. The van der Waals surface area contributed by atoms with Gasteiger partial charge in [0, 0.05) is 17.3 Å². The summed E-state index contributed by atoms with van der Waals surface area (Å²) in [5, 5.41) is 0. The van der Waals surface area contributed by atoms with Gasteiger partial charge >= 0.3 is 0 Å². The number of allylic oxidation sites excluding steroid dienone is 6. The second kappa shape index (κ2) is 6.04. The largest absolute Gasteiger partial charge is 0.299 e. The molecule has 4 aliphatic carbocycles. The maximum absolute atomic E-state index is 12.6. The van der Waals surface area contributed by atoms with E-state index in [-0.39, 0.29) is 16.6 Å². The smallest absolute Gasteiger partial charge is 0.178 e. The van der Waals surface area contributed by atoms with E-state index < -0.39 is 0 Å². The first-order valence-corrected chi connectivity index (χ1v) is 10.4. The number of rotatable bonds is 2. The van der Waals surface area contributed by atoms with Gasteiger partial charge < -0.3 is 0 Å². The first-order valence-electron chi connectivity index (χ1n) is 10.4. The maximum Gasteiger partial charge on any atom is 0.178 e. The van der Waals surface area contributed by atoms with Crippen LogP contribution in [0.2, 0.25) is 0 Å². The van der Waals surface area contributed by atoms with Crippen LogP contribution < -0.4 is 0 Å². The summed E-state index contributed by atoms with van der Waals surface area (Å²) in [7, 11) is 0. The van der Waals surface area contributed by atoms with Gasteiger partial charge in [0.2, 0.25) is 0 Å². The lowest BCUT2D eigenvalue weighted by Gasteiger charge is -2.56. The van der Waals surface area contributed by atoms with Crippen molar-refractivity contribution in [2.75, 3.05) is 0 Å². The van der Waals surface area contributed by atoms with Crippen molar-refractivity contribution in [1.82, 2.24) is 0 Å². The summed E-state index contributed by atoms with van der Waals surface area (Å²) in [5.74, 6) is 2.88. The third kappa shape index (κ3) is 2.52. The molecule has 4 aliphatic rings. The lowest BCUT2D eigenvalue weighted by atomic mass is 9.47. The Morgan fingerprint density at radius 1 is 1.19 bits per heavy atom. The molecule has 0 aromatic carbocycles. The van der Waals surface area contributed by atoms with Crippen LogP contribution in [0.3, 0.4) is 0 Å². The molecule has 2 heteroatoms. The van der Waals surface area contributed by atoms with Crippen molar-refractivity contribution in [1.29, 1.82) is 0 Å². The molecular weight excluding hydrogens is 320 g/mol. The van der Waals surface area contributed by atoms with Gasteiger partial charge in [-0.25, -0.2) is 0 Å². The summed E-state index contributed by atoms with van der Waals surface area (Å²) in [4.78, 5) is 24.8. The van der Waals surface area contributed by atoms with Crippen molar-refractivity contribution in [3.05, 3.63) is 35.5 Å². The molecule has 0 amide bonds. The SMILES string of the molecule is CC(C)C/C=C1/CC2[C@H](CCC3(C)C(=O)CC[C@@H]23)C2(C)C=CC(=O)C=C12. The fourth-order valence-corrected chi connectivity index (χ4v) is 6.48. The molecule has 0 heterocycles. The van der Waals surface area contributed by atoms with E-state index in [0.29, 0.717) is 29.5 Å². The summed E-state index contributed by atoms with van der Waals surface area (Å²) in [6, 6.07) is 0. The van der Waals surface area contributed by atoms with Crippen LogP contribution in [0.25, 0.3) is 0 Å². The number of hydrogen-bond donors (Lipinski definition) is 0. The van der Waals surface area contributed by atoms with Crippen LogP contribution in [0.1, 0.15) is 66.2 Å². The van der Waals surface area contributed by atoms with Crippen molar-refractivity contribution in [3.8, 4) is 0 Å². The van der Waals surface area contributed by atoms with Gasteiger partial charge in [0.25, 0.3) is 0 Å². The molecule has 0 bridgehead atoms. The van der Waals surface area contributed by atoms with E-state index in [1.165, 1.54) is 11.1 Å². The molecule has 0 saturated heterocycles. The molecule has 4 rings (SSSR count). The molecule has 0 radical (unpaired) electrons. The predicted molar refractivity (Wildman–Crippen MR) is 105 cm³/mol. The number of fused-ring (bicyclic) bond motifs is 5.